The molecule has 0 atom stereocenters. The molecular formula is C22H17ClF2N2O3S. The number of anilines is 2. The van der Waals surface area contributed by atoms with Crippen molar-refractivity contribution >= 4 is 38.9 Å². The van der Waals surface area contributed by atoms with Crippen molar-refractivity contribution in [2.24, 2.45) is 0 Å². The molecule has 0 unspecified atom stereocenters. The lowest BCUT2D eigenvalue weighted by atomic mass is 10.2. The predicted molar refractivity (Wildman–Crippen MR) is 117 cm³/mol. The minimum Gasteiger partial charge on any atom is -0.319 e. The molecule has 0 saturated heterocycles. The van der Waals surface area contributed by atoms with Crippen molar-refractivity contribution in [1.29, 1.82) is 0 Å². The molecule has 0 heterocycles. The zero-order valence-electron chi connectivity index (χ0n) is 16.1. The molecule has 1 N–H and O–H groups in total. The van der Waals surface area contributed by atoms with E-state index in [-0.39, 0.29) is 22.0 Å². The Morgan fingerprint density at radius 1 is 1.06 bits per heavy atom. The number of nitrogens with zero attached hydrogens (tertiary/aromatic N) is 1. The number of para-hydroxylation sites is 1. The molecule has 160 valence electrons. The maximum Gasteiger partial charge on any atom is 0.264 e. The number of hydrogen-bond acceptors (Lipinski definition) is 3. The molecule has 0 saturated carbocycles. The Hall–Kier alpha value is -3.23. The summed E-state index contributed by atoms with van der Waals surface area (Å²) in [6, 6.07) is 14.5. The van der Waals surface area contributed by atoms with Gasteiger partial charge in [-0.15, -0.1) is 6.58 Å². The quantitative estimate of drug-likeness (QED) is 0.487. The lowest BCUT2D eigenvalue weighted by Crippen LogP contribution is -2.31. The van der Waals surface area contributed by atoms with Crippen LogP contribution >= 0.6 is 11.6 Å². The number of hydrogen-bond donors (Lipinski definition) is 1. The number of carbonyl (C=O) groups is 1. The molecule has 0 fully saturated rings. The lowest BCUT2D eigenvalue weighted by molar-refractivity contribution is 0.102. The zero-order chi connectivity index (χ0) is 22.6. The van der Waals surface area contributed by atoms with E-state index in [4.69, 9.17) is 11.6 Å². The Kier molecular flexibility index (Phi) is 6.72. The molecule has 0 aromatic heterocycles. The van der Waals surface area contributed by atoms with E-state index in [0.717, 1.165) is 28.6 Å². The molecule has 5 nitrogen and oxygen atoms in total. The molecule has 3 aromatic carbocycles. The van der Waals surface area contributed by atoms with E-state index in [9.17, 15) is 22.0 Å². The smallest absolute Gasteiger partial charge is 0.264 e. The van der Waals surface area contributed by atoms with Crippen molar-refractivity contribution in [3.05, 3.63) is 102 Å². The van der Waals surface area contributed by atoms with Crippen LogP contribution in [-0.2, 0) is 10.0 Å². The van der Waals surface area contributed by atoms with Crippen molar-refractivity contribution in [1.82, 2.24) is 0 Å². The van der Waals surface area contributed by atoms with Crippen LogP contribution in [0.5, 0.6) is 0 Å². The first kappa shape index (κ1) is 22.5. The van der Waals surface area contributed by atoms with E-state index in [1.165, 1.54) is 18.2 Å². The summed E-state index contributed by atoms with van der Waals surface area (Å²) in [7, 11) is -4.09. The van der Waals surface area contributed by atoms with Crippen LogP contribution in [0.25, 0.3) is 0 Å². The normalized spacial score (nSPS) is 11.1. The summed E-state index contributed by atoms with van der Waals surface area (Å²) >= 11 is 6.08. The summed E-state index contributed by atoms with van der Waals surface area (Å²) in [5, 5.41) is 2.16. The fourth-order valence-corrected chi connectivity index (χ4v) is 4.47. The summed E-state index contributed by atoms with van der Waals surface area (Å²) in [4.78, 5) is 12.4. The second-order valence-corrected chi connectivity index (χ2v) is 8.65. The van der Waals surface area contributed by atoms with Crippen LogP contribution in [0.1, 0.15) is 10.4 Å². The van der Waals surface area contributed by atoms with E-state index in [1.807, 2.05) is 0 Å². The fourth-order valence-electron chi connectivity index (χ4n) is 2.80. The van der Waals surface area contributed by atoms with Gasteiger partial charge in [0.05, 0.1) is 33.4 Å². The molecule has 9 heteroatoms. The molecule has 0 aliphatic heterocycles. The van der Waals surface area contributed by atoms with E-state index in [1.54, 1.807) is 30.3 Å². The number of halogens is 3. The van der Waals surface area contributed by atoms with Gasteiger partial charge in [0, 0.05) is 6.07 Å². The number of benzene rings is 3. The monoisotopic (exact) mass is 462 g/mol. The minimum atomic E-state index is -4.09. The van der Waals surface area contributed by atoms with Crippen LogP contribution < -0.4 is 9.62 Å². The summed E-state index contributed by atoms with van der Waals surface area (Å²) in [5.74, 6) is -2.49. The van der Waals surface area contributed by atoms with Crippen LogP contribution in [0.4, 0.5) is 20.2 Å². The maximum absolute atomic E-state index is 13.9. The van der Waals surface area contributed by atoms with Crippen molar-refractivity contribution in [2.75, 3.05) is 16.2 Å². The number of sulfonamides is 1. The van der Waals surface area contributed by atoms with Gasteiger partial charge >= 0.3 is 0 Å². The topological polar surface area (TPSA) is 66.5 Å². The standard InChI is InChI=1S/C22H17ClF2N2O3S/c1-2-12-27(16-6-4-3-5-7-16)31(29,30)17-9-10-19(23)18(14-17)22(28)26-21-13-15(24)8-11-20(21)25/h2-11,13-14H,1,12H2,(H,26,28). The van der Waals surface area contributed by atoms with Crippen LogP contribution in [-0.4, -0.2) is 20.9 Å². The average Bonchev–Trinajstić information content (AvgIpc) is 2.75. The summed E-state index contributed by atoms with van der Waals surface area (Å²) in [5.41, 5.74) is -0.199. The fraction of sp³-hybridized carbons (Fsp3) is 0.0455. The van der Waals surface area contributed by atoms with Gasteiger partial charge in [-0.05, 0) is 42.5 Å². The van der Waals surface area contributed by atoms with Crippen LogP contribution in [0.15, 0.2) is 84.3 Å². The molecule has 3 aromatic rings. The SMILES string of the molecule is C=CCN(c1ccccc1)S(=O)(=O)c1ccc(Cl)c(C(=O)Nc2cc(F)ccc2F)c1. The highest BCUT2D eigenvalue weighted by atomic mass is 35.5. The van der Waals surface area contributed by atoms with Crippen LogP contribution in [0.3, 0.4) is 0 Å². The van der Waals surface area contributed by atoms with Gasteiger partial charge in [0.1, 0.15) is 11.6 Å². The molecule has 0 radical (unpaired) electrons. The highest BCUT2D eigenvalue weighted by Gasteiger charge is 2.26. The Morgan fingerprint density at radius 2 is 1.77 bits per heavy atom. The Labute approximate surface area is 183 Å². The molecule has 31 heavy (non-hydrogen) atoms. The van der Waals surface area contributed by atoms with Gasteiger partial charge in [-0.1, -0.05) is 35.9 Å². The number of amides is 1. The largest absolute Gasteiger partial charge is 0.319 e. The van der Waals surface area contributed by atoms with E-state index in [2.05, 4.69) is 11.9 Å². The molecule has 0 bridgehead atoms. The Bertz CT molecular complexity index is 1230. The van der Waals surface area contributed by atoms with Crippen molar-refractivity contribution in [3.8, 4) is 0 Å². The zero-order valence-corrected chi connectivity index (χ0v) is 17.6. The lowest BCUT2D eigenvalue weighted by Gasteiger charge is -2.23. The number of rotatable bonds is 7. The van der Waals surface area contributed by atoms with Crippen LogP contribution in [0.2, 0.25) is 5.02 Å². The summed E-state index contributed by atoms with van der Waals surface area (Å²) < 4.78 is 54.9. The third-order valence-corrected chi connectivity index (χ3v) is 6.41. The van der Waals surface area contributed by atoms with Gasteiger partial charge in [0.25, 0.3) is 15.9 Å². The first-order chi connectivity index (χ1) is 14.7. The highest BCUT2D eigenvalue weighted by molar-refractivity contribution is 7.92. The van der Waals surface area contributed by atoms with Gasteiger partial charge in [-0.25, -0.2) is 17.2 Å². The predicted octanol–water partition coefficient (Wildman–Crippen LogP) is 5.25. The second kappa shape index (κ2) is 9.28. The van der Waals surface area contributed by atoms with E-state index >= 15 is 0 Å². The molecule has 0 aliphatic carbocycles. The van der Waals surface area contributed by atoms with Gasteiger partial charge in [-0.3, -0.25) is 9.10 Å². The third kappa shape index (κ3) is 4.92. The molecule has 3 rings (SSSR count). The molecule has 1 amide bonds. The van der Waals surface area contributed by atoms with Gasteiger partial charge in [-0.2, -0.15) is 0 Å². The van der Waals surface area contributed by atoms with Crippen molar-refractivity contribution in [3.63, 3.8) is 0 Å². The molecular weight excluding hydrogens is 446 g/mol. The first-order valence-electron chi connectivity index (χ1n) is 8.98. The highest BCUT2D eigenvalue weighted by Crippen LogP contribution is 2.27. The van der Waals surface area contributed by atoms with Gasteiger partial charge in [0.2, 0.25) is 0 Å². The van der Waals surface area contributed by atoms with Gasteiger partial charge in [0.15, 0.2) is 0 Å². The van der Waals surface area contributed by atoms with Crippen LogP contribution in [0, 0.1) is 11.6 Å². The Morgan fingerprint density at radius 3 is 2.45 bits per heavy atom. The first-order valence-corrected chi connectivity index (χ1v) is 10.8. The number of nitrogens with one attached hydrogen (secondary N) is 1. The maximum atomic E-state index is 13.9. The summed E-state index contributed by atoms with van der Waals surface area (Å²) in [6.07, 6.45) is 1.43. The molecule has 0 spiro atoms. The third-order valence-electron chi connectivity index (χ3n) is 4.29. The van der Waals surface area contributed by atoms with E-state index < -0.39 is 33.3 Å². The van der Waals surface area contributed by atoms with E-state index in [0.29, 0.717) is 5.69 Å². The van der Waals surface area contributed by atoms with Crippen molar-refractivity contribution < 1.29 is 22.0 Å². The van der Waals surface area contributed by atoms with Gasteiger partial charge < -0.3 is 5.32 Å². The Balaban J connectivity index is 2.00. The van der Waals surface area contributed by atoms with Crippen molar-refractivity contribution in [2.45, 2.75) is 4.90 Å². The average molecular weight is 463 g/mol. The number of carbonyl (C=O) groups excluding carboxylic acids is 1. The minimum absolute atomic E-state index is 0.00892. The second-order valence-electron chi connectivity index (χ2n) is 6.38. The summed E-state index contributed by atoms with van der Waals surface area (Å²) in [6.45, 7) is 3.59. The molecule has 0 aliphatic rings.